The Morgan fingerprint density at radius 3 is 2.75 bits per heavy atom. The highest BCUT2D eigenvalue weighted by molar-refractivity contribution is 7.19. The maximum atomic E-state index is 9.61. The number of aliphatic hydroxyl groups is 1. The number of aryl methyl sites for hydroxylation is 3. The number of hydrogen-bond acceptors (Lipinski definition) is 5. The third-order valence-electron chi connectivity index (χ3n) is 4.60. The highest BCUT2D eigenvalue weighted by Crippen LogP contribution is 2.39. The van der Waals surface area contributed by atoms with Crippen LogP contribution in [0, 0.1) is 6.92 Å². The number of hydrogen-bond donors (Lipinski definition) is 2. The van der Waals surface area contributed by atoms with Crippen LogP contribution in [0.5, 0.6) is 0 Å². The van der Waals surface area contributed by atoms with Crippen LogP contribution in [0.2, 0.25) is 0 Å². The van der Waals surface area contributed by atoms with E-state index in [1.165, 1.54) is 34.2 Å². The van der Waals surface area contributed by atoms with Gasteiger partial charge in [0.15, 0.2) is 0 Å². The van der Waals surface area contributed by atoms with Crippen molar-refractivity contribution in [2.45, 2.75) is 45.8 Å². The lowest BCUT2D eigenvalue weighted by atomic mass is 10.1. The van der Waals surface area contributed by atoms with Gasteiger partial charge in [-0.15, -0.1) is 11.3 Å². The van der Waals surface area contributed by atoms with E-state index in [0.717, 1.165) is 35.0 Å². The molecule has 1 unspecified atom stereocenters. The van der Waals surface area contributed by atoms with Gasteiger partial charge in [-0.3, -0.25) is 0 Å². The predicted molar refractivity (Wildman–Crippen MR) is 98.6 cm³/mol. The molecule has 0 spiro atoms. The summed E-state index contributed by atoms with van der Waals surface area (Å²) >= 11 is 1.82. The van der Waals surface area contributed by atoms with E-state index in [1.807, 2.05) is 30.4 Å². The normalized spacial score (nSPS) is 14.8. The van der Waals surface area contributed by atoms with Crippen molar-refractivity contribution in [1.29, 1.82) is 0 Å². The van der Waals surface area contributed by atoms with Crippen LogP contribution in [0.3, 0.4) is 0 Å². The Hall–Kier alpha value is -1.98. The number of aliphatic hydroxyl groups excluding tert-OH is 1. The molecule has 1 aliphatic rings. The summed E-state index contributed by atoms with van der Waals surface area (Å²) < 4.78 is 0. The molecule has 1 aromatic carbocycles. The number of aromatic nitrogens is 2. The lowest BCUT2D eigenvalue weighted by Gasteiger charge is -2.10. The molecular formula is C19H21N3OS. The molecule has 4 nitrogen and oxygen atoms in total. The van der Waals surface area contributed by atoms with E-state index in [1.54, 1.807) is 6.92 Å². The molecule has 0 radical (unpaired) electrons. The summed E-state index contributed by atoms with van der Waals surface area (Å²) in [6, 6.07) is 8.06. The first-order chi connectivity index (χ1) is 11.6. The van der Waals surface area contributed by atoms with E-state index in [-0.39, 0.29) is 0 Å². The van der Waals surface area contributed by atoms with Gasteiger partial charge in [0, 0.05) is 11.4 Å². The second kappa shape index (κ2) is 6.15. The summed E-state index contributed by atoms with van der Waals surface area (Å²) in [6.07, 6.45) is 3.13. The summed E-state index contributed by atoms with van der Waals surface area (Å²) in [5, 5.41) is 14.3. The topological polar surface area (TPSA) is 58.0 Å². The first-order valence-corrected chi connectivity index (χ1v) is 9.23. The second-order valence-corrected chi connectivity index (χ2v) is 7.51. The van der Waals surface area contributed by atoms with Crippen molar-refractivity contribution in [3.8, 4) is 0 Å². The molecule has 24 heavy (non-hydrogen) atoms. The zero-order chi connectivity index (χ0) is 16.7. The first kappa shape index (κ1) is 15.5. The molecule has 1 aliphatic carbocycles. The quantitative estimate of drug-likeness (QED) is 0.749. The van der Waals surface area contributed by atoms with Gasteiger partial charge in [0.1, 0.15) is 16.5 Å². The van der Waals surface area contributed by atoms with Crippen LogP contribution < -0.4 is 5.32 Å². The Balaban J connectivity index is 1.62. The summed E-state index contributed by atoms with van der Waals surface area (Å²) in [5.41, 5.74) is 3.56. The van der Waals surface area contributed by atoms with E-state index >= 15 is 0 Å². The lowest BCUT2D eigenvalue weighted by Crippen LogP contribution is -2.04. The second-order valence-electron chi connectivity index (χ2n) is 6.43. The third-order valence-corrected chi connectivity index (χ3v) is 5.78. The molecule has 0 aliphatic heterocycles. The molecule has 0 amide bonds. The van der Waals surface area contributed by atoms with Gasteiger partial charge in [-0.2, -0.15) is 0 Å². The van der Waals surface area contributed by atoms with Crippen LogP contribution in [0.4, 0.5) is 5.82 Å². The Bertz CT molecular complexity index is 884. The van der Waals surface area contributed by atoms with Crippen molar-refractivity contribution < 1.29 is 5.11 Å². The fourth-order valence-corrected chi connectivity index (χ4v) is 4.64. The highest BCUT2D eigenvalue weighted by atomic mass is 32.1. The largest absolute Gasteiger partial charge is 0.389 e. The van der Waals surface area contributed by atoms with E-state index in [0.29, 0.717) is 0 Å². The van der Waals surface area contributed by atoms with Crippen LogP contribution in [-0.2, 0) is 19.4 Å². The maximum Gasteiger partial charge on any atom is 0.139 e. The van der Waals surface area contributed by atoms with Crippen LogP contribution in [0.15, 0.2) is 24.3 Å². The molecule has 3 aromatic rings. The summed E-state index contributed by atoms with van der Waals surface area (Å²) in [6.45, 7) is 4.45. The van der Waals surface area contributed by atoms with Gasteiger partial charge in [-0.05, 0) is 49.8 Å². The SMILES string of the molecule is Cc1nc(NCc2ccc(C(C)O)cc2)c2c3c(sc2n1)CCC3. The lowest BCUT2D eigenvalue weighted by molar-refractivity contribution is 0.199. The fourth-order valence-electron chi connectivity index (χ4n) is 3.33. The third kappa shape index (κ3) is 2.78. The van der Waals surface area contributed by atoms with E-state index in [9.17, 15) is 5.11 Å². The molecule has 0 saturated carbocycles. The average molecular weight is 339 g/mol. The van der Waals surface area contributed by atoms with Crippen molar-refractivity contribution in [3.05, 3.63) is 51.7 Å². The van der Waals surface area contributed by atoms with Gasteiger partial charge in [-0.25, -0.2) is 9.97 Å². The number of nitrogens with zero attached hydrogens (tertiary/aromatic N) is 2. The molecule has 2 aromatic heterocycles. The minimum atomic E-state index is -0.426. The Morgan fingerprint density at radius 1 is 1.21 bits per heavy atom. The standard InChI is InChI=1S/C19H21N3OS/c1-11(23)14-8-6-13(7-9-14)10-20-18-17-15-4-3-5-16(15)24-19(17)22-12(2)21-18/h6-9,11,23H,3-5,10H2,1-2H3,(H,20,21,22). The number of thiophene rings is 1. The molecule has 0 fully saturated rings. The molecule has 4 rings (SSSR count). The summed E-state index contributed by atoms with van der Waals surface area (Å²) in [7, 11) is 0. The zero-order valence-electron chi connectivity index (χ0n) is 14.0. The highest BCUT2D eigenvalue weighted by Gasteiger charge is 2.21. The smallest absolute Gasteiger partial charge is 0.139 e. The molecule has 2 heterocycles. The van der Waals surface area contributed by atoms with Gasteiger partial charge < -0.3 is 10.4 Å². The number of benzene rings is 1. The van der Waals surface area contributed by atoms with Gasteiger partial charge >= 0.3 is 0 Å². The van der Waals surface area contributed by atoms with Crippen LogP contribution in [0.1, 0.15) is 46.8 Å². The average Bonchev–Trinajstić information content (AvgIpc) is 3.13. The summed E-state index contributed by atoms with van der Waals surface area (Å²) in [4.78, 5) is 11.9. The molecule has 0 saturated heterocycles. The molecule has 5 heteroatoms. The number of nitrogens with one attached hydrogen (secondary N) is 1. The van der Waals surface area contributed by atoms with E-state index in [2.05, 4.69) is 27.4 Å². The predicted octanol–water partition coefficient (Wildman–Crippen LogP) is 4.15. The molecule has 2 N–H and O–H groups in total. The minimum Gasteiger partial charge on any atom is -0.389 e. The Kier molecular flexibility index (Phi) is 3.98. The van der Waals surface area contributed by atoms with Crippen molar-refractivity contribution in [2.75, 3.05) is 5.32 Å². The van der Waals surface area contributed by atoms with E-state index < -0.39 is 6.10 Å². The Morgan fingerprint density at radius 2 is 2.00 bits per heavy atom. The number of rotatable bonds is 4. The number of anilines is 1. The summed E-state index contributed by atoms with van der Waals surface area (Å²) in [5.74, 6) is 1.77. The molecule has 124 valence electrons. The van der Waals surface area contributed by atoms with Gasteiger partial charge in [0.2, 0.25) is 0 Å². The number of fused-ring (bicyclic) bond motifs is 3. The van der Waals surface area contributed by atoms with Gasteiger partial charge in [-0.1, -0.05) is 24.3 Å². The molecule has 0 bridgehead atoms. The Labute approximate surface area is 145 Å². The van der Waals surface area contributed by atoms with Crippen molar-refractivity contribution in [2.24, 2.45) is 0 Å². The minimum absolute atomic E-state index is 0.426. The van der Waals surface area contributed by atoms with E-state index in [4.69, 9.17) is 0 Å². The van der Waals surface area contributed by atoms with Crippen molar-refractivity contribution in [1.82, 2.24) is 9.97 Å². The van der Waals surface area contributed by atoms with Crippen LogP contribution >= 0.6 is 11.3 Å². The van der Waals surface area contributed by atoms with Crippen molar-refractivity contribution in [3.63, 3.8) is 0 Å². The van der Waals surface area contributed by atoms with Crippen molar-refractivity contribution >= 4 is 27.4 Å². The van der Waals surface area contributed by atoms with Crippen LogP contribution in [-0.4, -0.2) is 15.1 Å². The maximum absolute atomic E-state index is 9.61. The zero-order valence-corrected chi connectivity index (χ0v) is 14.8. The van der Waals surface area contributed by atoms with Gasteiger partial charge in [0.05, 0.1) is 11.5 Å². The molecule has 1 atom stereocenters. The fraction of sp³-hybridized carbons (Fsp3) is 0.368. The van der Waals surface area contributed by atoms with Gasteiger partial charge in [0.25, 0.3) is 0 Å². The molecular weight excluding hydrogens is 318 g/mol. The first-order valence-electron chi connectivity index (χ1n) is 8.41. The monoisotopic (exact) mass is 339 g/mol. The van der Waals surface area contributed by atoms with Crippen LogP contribution in [0.25, 0.3) is 10.2 Å².